The summed E-state index contributed by atoms with van der Waals surface area (Å²) in [5.41, 5.74) is 8.18. The standard InChI is InChI=1S/C18H23N5O3/c1-3-26-17(25)13-4-6-14(7-5-13)22-8-10-23(11-9-22)15-12(2)20-18(19)21-16(15)24/h4-7H,3,8-11H2,1-2H3,(H3,19,20,21,24). The molecular formula is C18H23N5O3. The molecule has 0 unspecified atom stereocenters. The minimum Gasteiger partial charge on any atom is -0.462 e. The summed E-state index contributed by atoms with van der Waals surface area (Å²) >= 11 is 0. The van der Waals surface area contributed by atoms with Crippen LogP contribution >= 0.6 is 0 Å². The quantitative estimate of drug-likeness (QED) is 0.791. The fourth-order valence-electron chi connectivity index (χ4n) is 3.18. The molecule has 1 aliphatic heterocycles. The number of benzene rings is 1. The Kier molecular flexibility index (Phi) is 5.11. The van der Waals surface area contributed by atoms with Crippen LogP contribution in [0.15, 0.2) is 29.1 Å². The van der Waals surface area contributed by atoms with Gasteiger partial charge in [0.2, 0.25) is 5.95 Å². The average molecular weight is 357 g/mol. The van der Waals surface area contributed by atoms with E-state index >= 15 is 0 Å². The van der Waals surface area contributed by atoms with Crippen LogP contribution in [0.3, 0.4) is 0 Å². The predicted molar refractivity (Wildman–Crippen MR) is 101 cm³/mol. The van der Waals surface area contributed by atoms with Crippen LogP contribution in [0.5, 0.6) is 0 Å². The summed E-state index contributed by atoms with van der Waals surface area (Å²) in [5.74, 6) is -0.175. The fraction of sp³-hybridized carbons (Fsp3) is 0.389. The second-order valence-corrected chi connectivity index (χ2v) is 6.13. The van der Waals surface area contributed by atoms with E-state index in [1.54, 1.807) is 26.0 Å². The molecule has 0 radical (unpaired) electrons. The number of H-pyrrole nitrogens is 1. The van der Waals surface area contributed by atoms with Crippen LogP contribution in [0.25, 0.3) is 0 Å². The lowest BCUT2D eigenvalue weighted by Crippen LogP contribution is -2.48. The van der Waals surface area contributed by atoms with E-state index in [9.17, 15) is 9.59 Å². The number of carbonyl (C=O) groups is 1. The summed E-state index contributed by atoms with van der Waals surface area (Å²) in [6, 6.07) is 7.40. The molecule has 1 aromatic carbocycles. The van der Waals surface area contributed by atoms with Crippen molar-refractivity contribution in [3.05, 3.63) is 45.9 Å². The Morgan fingerprint density at radius 3 is 2.38 bits per heavy atom. The highest BCUT2D eigenvalue weighted by molar-refractivity contribution is 5.89. The fourth-order valence-corrected chi connectivity index (χ4v) is 3.18. The molecule has 8 heteroatoms. The first-order valence-electron chi connectivity index (χ1n) is 8.63. The molecule has 3 rings (SSSR count). The SMILES string of the molecule is CCOC(=O)c1ccc(N2CCN(c3c(C)nc(N)[nH]c3=O)CC2)cc1. The summed E-state index contributed by atoms with van der Waals surface area (Å²) in [4.78, 5) is 34.9. The van der Waals surface area contributed by atoms with Gasteiger partial charge in [-0.05, 0) is 38.1 Å². The summed E-state index contributed by atoms with van der Waals surface area (Å²) < 4.78 is 5.00. The maximum Gasteiger partial charge on any atom is 0.338 e. The largest absolute Gasteiger partial charge is 0.462 e. The molecule has 26 heavy (non-hydrogen) atoms. The molecule has 138 valence electrons. The van der Waals surface area contributed by atoms with Crippen molar-refractivity contribution >= 4 is 23.3 Å². The summed E-state index contributed by atoms with van der Waals surface area (Å²) in [7, 11) is 0. The number of rotatable bonds is 4. The Bertz CT molecular complexity index is 839. The monoisotopic (exact) mass is 357 g/mol. The number of hydrogen-bond acceptors (Lipinski definition) is 7. The molecule has 1 fully saturated rings. The number of esters is 1. The lowest BCUT2D eigenvalue weighted by molar-refractivity contribution is 0.0526. The molecule has 1 aliphatic rings. The molecule has 2 aromatic rings. The average Bonchev–Trinajstić information content (AvgIpc) is 2.62. The lowest BCUT2D eigenvalue weighted by Gasteiger charge is -2.37. The first-order valence-corrected chi connectivity index (χ1v) is 8.63. The summed E-state index contributed by atoms with van der Waals surface area (Å²) in [6.45, 7) is 6.88. The van der Waals surface area contributed by atoms with Gasteiger partial charge in [-0.15, -0.1) is 0 Å². The summed E-state index contributed by atoms with van der Waals surface area (Å²) in [6.07, 6.45) is 0. The van der Waals surface area contributed by atoms with Crippen molar-refractivity contribution in [2.45, 2.75) is 13.8 Å². The number of aryl methyl sites for hydroxylation is 1. The van der Waals surface area contributed by atoms with Gasteiger partial charge in [-0.2, -0.15) is 0 Å². The zero-order valence-corrected chi connectivity index (χ0v) is 15.0. The number of hydrogen-bond donors (Lipinski definition) is 2. The molecule has 0 amide bonds. The Balaban J connectivity index is 1.67. The normalized spacial score (nSPS) is 14.4. The molecule has 0 aliphatic carbocycles. The number of anilines is 3. The second-order valence-electron chi connectivity index (χ2n) is 6.13. The van der Waals surface area contributed by atoms with E-state index in [4.69, 9.17) is 10.5 Å². The molecule has 0 spiro atoms. The van der Waals surface area contributed by atoms with Crippen molar-refractivity contribution in [1.82, 2.24) is 9.97 Å². The number of carbonyl (C=O) groups excluding carboxylic acids is 1. The third-order valence-corrected chi connectivity index (χ3v) is 4.43. The van der Waals surface area contributed by atoms with Crippen molar-refractivity contribution in [2.75, 3.05) is 48.3 Å². The number of nitrogens with one attached hydrogen (secondary N) is 1. The van der Waals surface area contributed by atoms with Gasteiger partial charge in [0.15, 0.2) is 0 Å². The van der Waals surface area contributed by atoms with E-state index in [0.717, 1.165) is 18.8 Å². The number of nitrogen functional groups attached to an aromatic ring is 1. The Morgan fingerprint density at radius 1 is 1.19 bits per heavy atom. The molecule has 8 nitrogen and oxygen atoms in total. The van der Waals surface area contributed by atoms with E-state index in [1.807, 2.05) is 17.0 Å². The molecule has 0 bridgehead atoms. The smallest absolute Gasteiger partial charge is 0.338 e. The highest BCUT2D eigenvalue weighted by atomic mass is 16.5. The Labute approximate surface area is 151 Å². The lowest BCUT2D eigenvalue weighted by atomic mass is 10.1. The van der Waals surface area contributed by atoms with Crippen LogP contribution in [-0.2, 0) is 4.74 Å². The van der Waals surface area contributed by atoms with E-state index in [2.05, 4.69) is 14.9 Å². The van der Waals surface area contributed by atoms with Gasteiger partial charge >= 0.3 is 5.97 Å². The van der Waals surface area contributed by atoms with Crippen LogP contribution in [-0.4, -0.2) is 48.7 Å². The number of nitrogens with zero attached hydrogens (tertiary/aromatic N) is 3. The first kappa shape index (κ1) is 17.8. The molecule has 0 atom stereocenters. The molecule has 1 saturated heterocycles. The van der Waals surface area contributed by atoms with Gasteiger partial charge in [0.05, 0.1) is 17.9 Å². The second kappa shape index (κ2) is 7.47. The van der Waals surface area contributed by atoms with Crippen molar-refractivity contribution < 1.29 is 9.53 Å². The molecule has 1 aromatic heterocycles. The van der Waals surface area contributed by atoms with Crippen molar-refractivity contribution in [2.24, 2.45) is 0 Å². The van der Waals surface area contributed by atoms with Crippen molar-refractivity contribution in [1.29, 1.82) is 0 Å². The van der Waals surface area contributed by atoms with Crippen LogP contribution in [0, 0.1) is 6.92 Å². The van der Waals surface area contributed by atoms with Gasteiger partial charge in [0.25, 0.3) is 5.56 Å². The molecular weight excluding hydrogens is 334 g/mol. The highest BCUT2D eigenvalue weighted by Crippen LogP contribution is 2.21. The minimum absolute atomic E-state index is 0.136. The minimum atomic E-state index is -0.311. The Morgan fingerprint density at radius 2 is 1.81 bits per heavy atom. The van der Waals surface area contributed by atoms with Gasteiger partial charge in [-0.3, -0.25) is 9.78 Å². The molecule has 3 N–H and O–H groups in total. The number of aromatic nitrogens is 2. The van der Waals surface area contributed by atoms with Crippen LogP contribution in [0.2, 0.25) is 0 Å². The maximum absolute atomic E-state index is 12.2. The van der Waals surface area contributed by atoms with Gasteiger partial charge < -0.3 is 20.3 Å². The maximum atomic E-state index is 12.2. The first-order chi connectivity index (χ1) is 12.5. The van der Waals surface area contributed by atoms with Gasteiger partial charge in [-0.25, -0.2) is 9.78 Å². The highest BCUT2D eigenvalue weighted by Gasteiger charge is 2.22. The van der Waals surface area contributed by atoms with E-state index in [1.165, 1.54) is 0 Å². The number of piperazine rings is 1. The van der Waals surface area contributed by atoms with Crippen molar-refractivity contribution in [3.63, 3.8) is 0 Å². The van der Waals surface area contributed by atoms with E-state index < -0.39 is 0 Å². The van der Waals surface area contributed by atoms with E-state index in [-0.39, 0.29) is 17.5 Å². The topological polar surface area (TPSA) is 105 Å². The molecule has 2 heterocycles. The Hall–Kier alpha value is -3.03. The number of nitrogens with two attached hydrogens (primary N) is 1. The van der Waals surface area contributed by atoms with Crippen molar-refractivity contribution in [3.8, 4) is 0 Å². The number of ether oxygens (including phenoxy) is 1. The predicted octanol–water partition coefficient (Wildman–Crippen LogP) is 1.16. The summed E-state index contributed by atoms with van der Waals surface area (Å²) in [5, 5.41) is 0. The molecule has 0 saturated carbocycles. The van der Waals surface area contributed by atoms with Crippen LogP contribution in [0.4, 0.5) is 17.3 Å². The van der Waals surface area contributed by atoms with E-state index in [0.29, 0.717) is 36.6 Å². The van der Waals surface area contributed by atoms with Gasteiger partial charge in [0.1, 0.15) is 5.69 Å². The van der Waals surface area contributed by atoms with Gasteiger partial charge in [-0.1, -0.05) is 0 Å². The van der Waals surface area contributed by atoms with Crippen LogP contribution in [0.1, 0.15) is 23.0 Å². The van der Waals surface area contributed by atoms with Gasteiger partial charge in [0, 0.05) is 31.9 Å². The zero-order chi connectivity index (χ0) is 18.7. The van der Waals surface area contributed by atoms with Crippen LogP contribution < -0.4 is 21.1 Å². The third-order valence-electron chi connectivity index (χ3n) is 4.43. The third kappa shape index (κ3) is 3.63. The number of aromatic amines is 1. The zero-order valence-electron chi connectivity index (χ0n) is 15.0.